The summed E-state index contributed by atoms with van der Waals surface area (Å²) < 4.78 is 6.03. The highest BCUT2D eigenvalue weighted by Crippen LogP contribution is 2.29. The molecule has 1 aromatic carbocycles. The van der Waals surface area contributed by atoms with E-state index in [0.29, 0.717) is 22.7 Å². The van der Waals surface area contributed by atoms with E-state index in [1.54, 1.807) is 12.1 Å². The first-order valence-corrected chi connectivity index (χ1v) is 9.27. The van der Waals surface area contributed by atoms with Crippen molar-refractivity contribution in [1.82, 2.24) is 10.2 Å². The molecule has 1 N–H and O–H groups in total. The summed E-state index contributed by atoms with van der Waals surface area (Å²) >= 11 is 6.14. The highest BCUT2D eigenvalue weighted by molar-refractivity contribution is 6.33. The number of nitrogens with zero attached hydrogens (tertiary/aromatic N) is 1. The quantitative estimate of drug-likeness (QED) is 0.903. The monoisotopic (exact) mass is 350 g/mol. The van der Waals surface area contributed by atoms with Crippen LogP contribution in [0.1, 0.15) is 49.9 Å². The highest BCUT2D eigenvalue weighted by Gasteiger charge is 2.32. The lowest BCUT2D eigenvalue weighted by Gasteiger charge is -2.33. The molecule has 3 rings (SSSR count). The topological polar surface area (TPSA) is 41.6 Å². The first-order chi connectivity index (χ1) is 11.4. The maximum Gasteiger partial charge on any atom is 0.255 e. The predicted molar refractivity (Wildman–Crippen MR) is 96.6 cm³/mol. The maximum atomic E-state index is 12.6. The number of amides is 1. The van der Waals surface area contributed by atoms with E-state index < -0.39 is 0 Å². The lowest BCUT2D eigenvalue weighted by Crippen LogP contribution is -2.46. The molecule has 0 aliphatic carbocycles. The smallest absolute Gasteiger partial charge is 0.255 e. The minimum Gasteiger partial charge on any atom is -0.371 e. The van der Waals surface area contributed by atoms with Gasteiger partial charge in [-0.25, -0.2) is 0 Å². The van der Waals surface area contributed by atoms with E-state index in [1.165, 1.54) is 0 Å². The number of halogens is 1. The summed E-state index contributed by atoms with van der Waals surface area (Å²) in [6.07, 6.45) is 4.54. The van der Waals surface area contributed by atoms with Crippen LogP contribution in [0.3, 0.4) is 0 Å². The number of hydrogen-bond acceptors (Lipinski definition) is 3. The second-order valence-electron chi connectivity index (χ2n) is 7.49. The molecule has 2 aliphatic heterocycles. The number of likely N-dealkylation sites (tertiary alicyclic amines) is 1. The van der Waals surface area contributed by atoms with Gasteiger partial charge in [0, 0.05) is 25.7 Å². The minimum absolute atomic E-state index is 0.0249. The largest absolute Gasteiger partial charge is 0.371 e. The first-order valence-electron chi connectivity index (χ1n) is 8.90. The molecule has 0 aromatic heterocycles. The number of hydrogen-bond donors (Lipinski definition) is 1. The molecule has 2 aliphatic rings. The van der Waals surface area contributed by atoms with Crippen molar-refractivity contribution in [3.05, 3.63) is 34.9 Å². The van der Waals surface area contributed by atoms with Crippen LogP contribution in [0.25, 0.3) is 0 Å². The van der Waals surface area contributed by atoms with Crippen LogP contribution in [-0.2, 0) is 4.74 Å². The number of nitrogens with one attached hydrogen (secondary N) is 1. The van der Waals surface area contributed by atoms with E-state index in [2.05, 4.69) is 19.2 Å². The molecule has 1 unspecified atom stereocenters. The van der Waals surface area contributed by atoms with Gasteiger partial charge in [-0.05, 0) is 51.7 Å². The van der Waals surface area contributed by atoms with Gasteiger partial charge in [0.2, 0.25) is 0 Å². The standard InChI is InChI=1S/C19H27ClN2O2/c1-19(2)10-7-15(24-19)13-21-14-8-11-22(12-9-14)18(23)16-5-3-4-6-17(16)20/h3-6,14-15,21H,7-13H2,1-2H3. The normalized spacial score (nSPS) is 24.3. The highest BCUT2D eigenvalue weighted by atomic mass is 35.5. The Bertz CT molecular complexity index is 582. The summed E-state index contributed by atoms with van der Waals surface area (Å²) in [5.74, 6) is 0.0416. The van der Waals surface area contributed by atoms with Crippen molar-refractivity contribution in [2.75, 3.05) is 19.6 Å². The molecule has 2 heterocycles. The maximum absolute atomic E-state index is 12.6. The summed E-state index contributed by atoms with van der Waals surface area (Å²) in [6.45, 7) is 6.78. The Morgan fingerprint density at radius 1 is 1.29 bits per heavy atom. The van der Waals surface area contributed by atoms with E-state index in [0.717, 1.165) is 45.3 Å². The molecule has 2 fully saturated rings. The summed E-state index contributed by atoms with van der Waals surface area (Å²) in [5, 5.41) is 4.15. The van der Waals surface area contributed by atoms with Crippen molar-refractivity contribution in [3.63, 3.8) is 0 Å². The summed E-state index contributed by atoms with van der Waals surface area (Å²) in [4.78, 5) is 14.5. The molecule has 0 radical (unpaired) electrons. The fraction of sp³-hybridized carbons (Fsp3) is 0.632. The van der Waals surface area contributed by atoms with Crippen LogP contribution in [0.4, 0.5) is 0 Å². The van der Waals surface area contributed by atoms with E-state index in [4.69, 9.17) is 16.3 Å². The van der Waals surface area contributed by atoms with Gasteiger partial charge in [-0.2, -0.15) is 0 Å². The lowest BCUT2D eigenvalue weighted by molar-refractivity contribution is -0.0158. The van der Waals surface area contributed by atoms with Crippen molar-refractivity contribution in [3.8, 4) is 0 Å². The zero-order chi connectivity index (χ0) is 17.2. The third kappa shape index (κ3) is 4.29. The first kappa shape index (κ1) is 17.7. The van der Waals surface area contributed by atoms with Gasteiger partial charge in [-0.3, -0.25) is 4.79 Å². The van der Waals surface area contributed by atoms with Gasteiger partial charge in [0.25, 0.3) is 5.91 Å². The molecular weight excluding hydrogens is 324 g/mol. The molecule has 2 saturated heterocycles. The van der Waals surface area contributed by atoms with Gasteiger partial charge < -0.3 is 15.0 Å². The average molecular weight is 351 g/mol. The molecular formula is C19H27ClN2O2. The van der Waals surface area contributed by atoms with E-state index in [-0.39, 0.29) is 11.5 Å². The van der Waals surface area contributed by atoms with Crippen LogP contribution in [0, 0.1) is 0 Å². The van der Waals surface area contributed by atoms with E-state index in [9.17, 15) is 4.79 Å². The Balaban J connectivity index is 1.44. The Hall–Kier alpha value is -1.10. The van der Waals surface area contributed by atoms with Crippen molar-refractivity contribution in [2.45, 2.75) is 57.3 Å². The van der Waals surface area contributed by atoms with Crippen molar-refractivity contribution >= 4 is 17.5 Å². The number of carbonyl (C=O) groups is 1. The number of rotatable bonds is 4. The van der Waals surface area contributed by atoms with Gasteiger partial charge in [0.05, 0.1) is 22.3 Å². The molecule has 0 spiro atoms. The average Bonchev–Trinajstić information content (AvgIpc) is 2.92. The SMILES string of the molecule is CC1(C)CCC(CNC2CCN(C(=O)c3ccccc3Cl)CC2)O1. The van der Waals surface area contributed by atoms with Crippen LogP contribution < -0.4 is 5.32 Å². The molecule has 5 heteroatoms. The second-order valence-corrected chi connectivity index (χ2v) is 7.90. The summed E-state index contributed by atoms with van der Waals surface area (Å²) in [5.41, 5.74) is 0.629. The molecule has 0 bridgehead atoms. The zero-order valence-electron chi connectivity index (χ0n) is 14.6. The van der Waals surface area contributed by atoms with Crippen LogP contribution in [0.2, 0.25) is 5.02 Å². The van der Waals surface area contributed by atoms with Crippen LogP contribution >= 0.6 is 11.6 Å². The Kier molecular flexibility index (Phi) is 5.48. The van der Waals surface area contributed by atoms with E-state index >= 15 is 0 Å². The third-order valence-corrected chi connectivity index (χ3v) is 5.40. The van der Waals surface area contributed by atoms with Crippen molar-refractivity contribution in [2.24, 2.45) is 0 Å². The predicted octanol–water partition coefficient (Wildman–Crippen LogP) is 3.49. The minimum atomic E-state index is 0.0249. The van der Waals surface area contributed by atoms with Gasteiger partial charge in [-0.15, -0.1) is 0 Å². The molecule has 24 heavy (non-hydrogen) atoms. The van der Waals surface area contributed by atoms with Crippen LogP contribution in [-0.4, -0.2) is 48.2 Å². The molecule has 1 amide bonds. The second kappa shape index (κ2) is 7.42. The lowest BCUT2D eigenvalue weighted by atomic mass is 10.0. The molecule has 132 valence electrons. The van der Waals surface area contributed by atoms with Gasteiger partial charge in [0.1, 0.15) is 0 Å². The fourth-order valence-corrected chi connectivity index (χ4v) is 3.83. The van der Waals surface area contributed by atoms with E-state index in [1.807, 2.05) is 17.0 Å². The number of piperidine rings is 1. The number of carbonyl (C=O) groups excluding carboxylic acids is 1. The molecule has 1 aromatic rings. The Morgan fingerprint density at radius 3 is 2.62 bits per heavy atom. The van der Waals surface area contributed by atoms with Crippen molar-refractivity contribution < 1.29 is 9.53 Å². The zero-order valence-corrected chi connectivity index (χ0v) is 15.3. The summed E-state index contributed by atoms with van der Waals surface area (Å²) in [7, 11) is 0. The van der Waals surface area contributed by atoms with Gasteiger partial charge in [0.15, 0.2) is 0 Å². The molecule has 4 nitrogen and oxygen atoms in total. The fourth-order valence-electron chi connectivity index (χ4n) is 3.61. The Morgan fingerprint density at radius 2 is 2.00 bits per heavy atom. The molecule has 1 atom stereocenters. The Labute approximate surface area is 149 Å². The van der Waals surface area contributed by atoms with Crippen molar-refractivity contribution in [1.29, 1.82) is 0 Å². The number of benzene rings is 1. The van der Waals surface area contributed by atoms with Gasteiger partial charge >= 0.3 is 0 Å². The van der Waals surface area contributed by atoms with Gasteiger partial charge in [-0.1, -0.05) is 23.7 Å². The van der Waals surface area contributed by atoms with Crippen LogP contribution in [0.15, 0.2) is 24.3 Å². The third-order valence-electron chi connectivity index (χ3n) is 5.07. The number of ether oxygens (including phenoxy) is 1. The summed E-state index contributed by atoms with van der Waals surface area (Å²) in [6, 6.07) is 7.74. The molecule has 0 saturated carbocycles. The van der Waals surface area contributed by atoms with Crippen LogP contribution in [0.5, 0.6) is 0 Å².